The van der Waals surface area contributed by atoms with Crippen LogP contribution in [0.5, 0.6) is 5.75 Å². The standard InChI is InChI=1S/C12H18N2O3/c1-3-13-8-9-17-12(15)14-10-4-6-11(16-2)7-5-10/h4-7,13H,3,8-9H2,1-2H3,(H,14,15). The van der Waals surface area contributed by atoms with E-state index in [4.69, 9.17) is 9.47 Å². The number of likely N-dealkylation sites (N-methyl/N-ethyl adjacent to an activating group) is 1. The molecule has 0 saturated carbocycles. The van der Waals surface area contributed by atoms with Crippen molar-refractivity contribution in [3.05, 3.63) is 24.3 Å². The molecule has 0 aliphatic carbocycles. The molecule has 5 heteroatoms. The Labute approximate surface area is 101 Å². The summed E-state index contributed by atoms with van der Waals surface area (Å²) in [4.78, 5) is 11.3. The van der Waals surface area contributed by atoms with Crippen LogP contribution in [0.4, 0.5) is 10.5 Å². The van der Waals surface area contributed by atoms with E-state index in [2.05, 4.69) is 10.6 Å². The number of amides is 1. The average molecular weight is 238 g/mol. The minimum atomic E-state index is -0.451. The highest BCUT2D eigenvalue weighted by Gasteiger charge is 2.02. The van der Waals surface area contributed by atoms with Gasteiger partial charge in [0, 0.05) is 12.2 Å². The maximum absolute atomic E-state index is 11.3. The van der Waals surface area contributed by atoms with Crippen LogP contribution in [0.15, 0.2) is 24.3 Å². The highest BCUT2D eigenvalue weighted by molar-refractivity contribution is 5.84. The molecule has 0 fully saturated rings. The first-order valence-corrected chi connectivity index (χ1v) is 5.54. The zero-order valence-corrected chi connectivity index (χ0v) is 10.2. The van der Waals surface area contributed by atoms with Crippen LogP contribution in [0.1, 0.15) is 6.92 Å². The lowest BCUT2D eigenvalue weighted by molar-refractivity contribution is 0.162. The zero-order valence-electron chi connectivity index (χ0n) is 10.2. The van der Waals surface area contributed by atoms with Crippen molar-refractivity contribution in [3.8, 4) is 5.75 Å². The minimum Gasteiger partial charge on any atom is -0.497 e. The predicted molar refractivity (Wildman–Crippen MR) is 66.5 cm³/mol. The van der Waals surface area contributed by atoms with Crippen LogP contribution in [-0.4, -0.2) is 32.9 Å². The van der Waals surface area contributed by atoms with Crippen molar-refractivity contribution < 1.29 is 14.3 Å². The summed E-state index contributed by atoms with van der Waals surface area (Å²) in [5.41, 5.74) is 0.680. The van der Waals surface area contributed by atoms with Gasteiger partial charge in [0.25, 0.3) is 0 Å². The summed E-state index contributed by atoms with van der Waals surface area (Å²) < 4.78 is 9.97. The van der Waals surface area contributed by atoms with Crippen LogP contribution in [0, 0.1) is 0 Å². The van der Waals surface area contributed by atoms with Crippen LogP contribution < -0.4 is 15.4 Å². The van der Waals surface area contributed by atoms with E-state index < -0.39 is 6.09 Å². The van der Waals surface area contributed by atoms with Crippen LogP contribution in [0.2, 0.25) is 0 Å². The Morgan fingerprint density at radius 2 is 2.00 bits per heavy atom. The molecule has 94 valence electrons. The molecule has 1 aromatic rings. The van der Waals surface area contributed by atoms with Crippen LogP contribution >= 0.6 is 0 Å². The van der Waals surface area contributed by atoms with Gasteiger partial charge < -0.3 is 14.8 Å². The van der Waals surface area contributed by atoms with E-state index in [1.165, 1.54) is 0 Å². The smallest absolute Gasteiger partial charge is 0.411 e. The van der Waals surface area contributed by atoms with E-state index in [0.29, 0.717) is 18.8 Å². The van der Waals surface area contributed by atoms with E-state index in [0.717, 1.165) is 12.3 Å². The van der Waals surface area contributed by atoms with Gasteiger partial charge in [0.1, 0.15) is 12.4 Å². The number of rotatable bonds is 6. The molecule has 1 aromatic carbocycles. The zero-order chi connectivity index (χ0) is 12.5. The number of methoxy groups -OCH3 is 1. The van der Waals surface area contributed by atoms with E-state index in [9.17, 15) is 4.79 Å². The van der Waals surface area contributed by atoms with Gasteiger partial charge in [-0.1, -0.05) is 6.92 Å². The Balaban J connectivity index is 2.29. The lowest BCUT2D eigenvalue weighted by atomic mass is 10.3. The van der Waals surface area contributed by atoms with Crippen molar-refractivity contribution in [2.24, 2.45) is 0 Å². The summed E-state index contributed by atoms with van der Waals surface area (Å²) in [7, 11) is 1.59. The fraction of sp³-hybridized carbons (Fsp3) is 0.417. The molecule has 0 spiro atoms. The van der Waals surface area contributed by atoms with Gasteiger partial charge in [-0.3, -0.25) is 5.32 Å². The molecule has 0 unspecified atom stereocenters. The molecule has 2 N–H and O–H groups in total. The summed E-state index contributed by atoms with van der Waals surface area (Å²) in [6, 6.07) is 7.05. The molecule has 0 saturated heterocycles. The Morgan fingerprint density at radius 3 is 2.59 bits per heavy atom. The Hall–Kier alpha value is -1.75. The topological polar surface area (TPSA) is 59.6 Å². The molecule has 5 nitrogen and oxygen atoms in total. The summed E-state index contributed by atoms with van der Waals surface area (Å²) in [6.45, 7) is 3.88. The number of hydrogen-bond donors (Lipinski definition) is 2. The second-order valence-electron chi connectivity index (χ2n) is 3.34. The van der Waals surface area contributed by atoms with E-state index in [-0.39, 0.29) is 0 Å². The summed E-state index contributed by atoms with van der Waals surface area (Å²) in [5, 5.41) is 5.69. The second kappa shape index (κ2) is 7.51. The van der Waals surface area contributed by atoms with Gasteiger partial charge in [0.2, 0.25) is 0 Å². The van der Waals surface area contributed by atoms with Gasteiger partial charge in [-0.15, -0.1) is 0 Å². The monoisotopic (exact) mass is 238 g/mol. The third kappa shape index (κ3) is 5.21. The molecule has 0 bridgehead atoms. The van der Waals surface area contributed by atoms with Crippen molar-refractivity contribution in [2.75, 3.05) is 32.1 Å². The number of carbonyl (C=O) groups is 1. The van der Waals surface area contributed by atoms with Crippen molar-refractivity contribution in [1.82, 2.24) is 5.32 Å². The molecule has 0 atom stereocenters. The number of nitrogens with one attached hydrogen (secondary N) is 2. The van der Waals surface area contributed by atoms with E-state index >= 15 is 0 Å². The van der Waals surface area contributed by atoms with Crippen LogP contribution in [0.25, 0.3) is 0 Å². The number of benzene rings is 1. The van der Waals surface area contributed by atoms with Crippen molar-refractivity contribution >= 4 is 11.8 Å². The molecule has 0 aliphatic heterocycles. The van der Waals surface area contributed by atoms with Gasteiger partial charge in [0.05, 0.1) is 7.11 Å². The molecular weight excluding hydrogens is 220 g/mol. The number of anilines is 1. The SMILES string of the molecule is CCNCCOC(=O)Nc1ccc(OC)cc1. The summed E-state index contributed by atoms with van der Waals surface area (Å²) in [5.74, 6) is 0.746. The van der Waals surface area contributed by atoms with Crippen LogP contribution in [-0.2, 0) is 4.74 Å². The van der Waals surface area contributed by atoms with Crippen molar-refractivity contribution in [2.45, 2.75) is 6.92 Å². The molecule has 0 heterocycles. The predicted octanol–water partition coefficient (Wildman–Crippen LogP) is 1.85. The van der Waals surface area contributed by atoms with Gasteiger partial charge >= 0.3 is 6.09 Å². The molecule has 1 amide bonds. The molecule has 0 radical (unpaired) electrons. The van der Waals surface area contributed by atoms with E-state index in [1.54, 1.807) is 31.4 Å². The number of hydrogen-bond acceptors (Lipinski definition) is 4. The molecule has 0 aliphatic rings. The fourth-order valence-corrected chi connectivity index (χ4v) is 1.22. The second-order valence-corrected chi connectivity index (χ2v) is 3.34. The normalized spacial score (nSPS) is 9.76. The number of ether oxygens (including phenoxy) is 2. The van der Waals surface area contributed by atoms with Gasteiger partial charge in [-0.2, -0.15) is 0 Å². The first-order chi connectivity index (χ1) is 8.26. The van der Waals surface area contributed by atoms with Gasteiger partial charge in [-0.25, -0.2) is 4.79 Å². The lowest BCUT2D eigenvalue weighted by Gasteiger charge is -2.07. The van der Waals surface area contributed by atoms with Crippen LogP contribution in [0.3, 0.4) is 0 Å². The molecule has 17 heavy (non-hydrogen) atoms. The largest absolute Gasteiger partial charge is 0.497 e. The maximum atomic E-state index is 11.3. The minimum absolute atomic E-state index is 0.357. The third-order valence-electron chi connectivity index (χ3n) is 2.10. The quantitative estimate of drug-likeness (QED) is 0.743. The average Bonchev–Trinajstić information content (AvgIpc) is 2.36. The molecule has 1 rings (SSSR count). The third-order valence-corrected chi connectivity index (χ3v) is 2.10. The summed E-state index contributed by atoms with van der Waals surface area (Å²) >= 11 is 0. The Morgan fingerprint density at radius 1 is 1.29 bits per heavy atom. The molecule has 0 aromatic heterocycles. The van der Waals surface area contributed by atoms with E-state index in [1.807, 2.05) is 6.92 Å². The summed E-state index contributed by atoms with van der Waals surface area (Å²) in [6.07, 6.45) is -0.451. The highest BCUT2D eigenvalue weighted by atomic mass is 16.5. The fourth-order valence-electron chi connectivity index (χ4n) is 1.22. The van der Waals surface area contributed by atoms with Gasteiger partial charge in [0.15, 0.2) is 0 Å². The molecular formula is C12H18N2O3. The first-order valence-electron chi connectivity index (χ1n) is 5.54. The Kier molecular flexibility index (Phi) is 5.88. The van der Waals surface area contributed by atoms with Crippen molar-refractivity contribution in [3.63, 3.8) is 0 Å². The highest BCUT2D eigenvalue weighted by Crippen LogP contribution is 2.14. The first kappa shape index (κ1) is 13.3. The number of carbonyl (C=O) groups excluding carboxylic acids is 1. The lowest BCUT2D eigenvalue weighted by Crippen LogP contribution is -2.23. The maximum Gasteiger partial charge on any atom is 0.411 e. The van der Waals surface area contributed by atoms with Crippen molar-refractivity contribution in [1.29, 1.82) is 0 Å². The Bertz CT molecular complexity index is 338. The van der Waals surface area contributed by atoms with Gasteiger partial charge in [-0.05, 0) is 30.8 Å².